The number of piperidine rings is 2. The first-order valence-corrected chi connectivity index (χ1v) is 8.77. The second kappa shape index (κ2) is 5.62. The average Bonchev–Trinajstić information content (AvgIpc) is 2.48. The molecule has 1 atom stereocenters. The summed E-state index contributed by atoms with van der Waals surface area (Å²) >= 11 is 0. The zero-order chi connectivity index (χ0) is 14.9. The van der Waals surface area contributed by atoms with Gasteiger partial charge in [0.1, 0.15) is 10.7 Å². The van der Waals surface area contributed by atoms with Gasteiger partial charge in [-0.05, 0) is 43.7 Å². The number of hydrogen-bond acceptors (Lipinski definition) is 4. The molecule has 21 heavy (non-hydrogen) atoms. The van der Waals surface area contributed by atoms with Gasteiger partial charge >= 0.3 is 0 Å². The molecule has 3 heterocycles. The molecule has 1 aromatic heterocycles. The summed E-state index contributed by atoms with van der Waals surface area (Å²) in [7, 11) is -3.66. The first kappa shape index (κ1) is 14.9. The molecule has 0 aliphatic carbocycles. The molecule has 0 saturated carbocycles. The van der Waals surface area contributed by atoms with Gasteiger partial charge in [-0.3, -0.25) is 4.98 Å². The van der Waals surface area contributed by atoms with Crippen molar-refractivity contribution in [3.05, 3.63) is 24.3 Å². The van der Waals surface area contributed by atoms with E-state index in [0.717, 1.165) is 51.0 Å². The summed E-state index contributed by atoms with van der Waals surface area (Å²) in [5.41, 5.74) is 0.0321. The molecule has 2 aliphatic heterocycles. The predicted molar refractivity (Wildman–Crippen MR) is 76.7 cm³/mol. The second-order valence-electron chi connectivity index (χ2n) is 6.06. The van der Waals surface area contributed by atoms with Gasteiger partial charge in [0.25, 0.3) is 0 Å². The summed E-state index contributed by atoms with van der Waals surface area (Å²) in [6.45, 7) is 2.88. The summed E-state index contributed by atoms with van der Waals surface area (Å²) < 4.78 is 40.1. The van der Waals surface area contributed by atoms with Crippen molar-refractivity contribution in [1.29, 1.82) is 0 Å². The number of hydrogen-bond donors (Lipinski definition) is 1. The van der Waals surface area contributed by atoms with Crippen molar-refractivity contribution in [2.45, 2.75) is 30.6 Å². The third-order valence-corrected chi connectivity index (χ3v) is 6.32. The van der Waals surface area contributed by atoms with Crippen LogP contribution in [0.3, 0.4) is 0 Å². The van der Waals surface area contributed by atoms with Gasteiger partial charge in [0.05, 0.1) is 6.20 Å². The summed E-state index contributed by atoms with van der Waals surface area (Å²) in [5, 5.41) is 3.37. The fraction of sp³-hybridized carbons (Fsp3) is 0.643. The molecule has 0 radical (unpaired) electrons. The maximum absolute atomic E-state index is 13.3. The first-order chi connectivity index (χ1) is 10.0. The maximum Gasteiger partial charge on any atom is 0.244 e. The molecule has 1 unspecified atom stereocenters. The predicted octanol–water partition coefficient (Wildman–Crippen LogP) is 1.38. The molecule has 1 aromatic rings. The number of aromatic nitrogens is 1. The molecule has 5 nitrogen and oxygen atoms in total. The third kappa shape index (κ3) is 2.95. The van der Waals surface area contributed by atoms with E-state index < -0.39 is 15.8 Å². The van der Waals surface area contributed by atoms with E-state index in [2.05, 4.69) is 10.3 Å². The maximum atomic E-state index is 13.3. The van der Waals surface area contributed by atoms with E-state index in [0.29, 0.717) is 13.1 Å². The fourth-order valence-corrected chi connectivity index (χ4v) is 5.00. The van der Waals surface area contributed by atoms with E-state index in [4.69, 9.17) is 0 Å². The second-order valence-corrected chi connectivity index (χ2v) is 8.00. The van der Waals surface area contributed by atoms with Crippen molar-refractivity contribution in [2.75, 3.05) is 26.2 Å². The van der Waals surface area contributed by atoms with Gasteiger partial charge in [0.2, 0.25) is 10.0 Å². The molecule has 2 aliphatic rings. The van der Waals surface area contributed by atoms with E-state index >= 15 is 0 Å². The lowest BCUT2D eigenvalue weighted by Gasteiger charge is -2.44. The number of nitrogens with one attached hydrogen (secondary N) is 1. The Bertz CT molecular complexity index is 609. The molecule has 116 valence electrons. The van der Waals surface area contributed by atoms with Crippen molar-refractivity contribution >= 4 is 10.0 Å². The van der Waals surface area contributed by atoms with E-state index in [1.165, 1.54) is 10.5 Å². The van der Waals surface area contributed by atoms with Gasteiger partial charge in [0.15, 0.2) is 0 Å². The van der Waals surface area contributed by atoms with Crippen molar-refractivity contribution in [2.24, 2.45) is 5.41 Å². The molecule has 1 spiro atoms. The minimum absolute atomic E-state index is 0.0321. The highest BCUT2D eigenvalue weighted by Crippen LogP contribution is 2.37. The van der Waals surface area contributed by atoms with Crippen LogP contribution in [0.4, 0.5) is 4.39 Å². The zero-order valence-corrected chi connectivity index (χ0v) is 12.7. The van der Waals surface area contributed by atoms with Gasteiger partial charge in [-0.2, -0.15) is 4.31 Å². The van der Waals surface area contributed by atoms with E-state index in [9.17, 15) is 12.8 Å². The Kier molecular flexibility index (Phi) is 3.98. The first-order valence-electron chi connectivity index (χ1n) is 7.33. The van der Waals surface area contributed by atoms with Crippen molar-refractivity contribution < 1.29 is 12.8 Å². The van der Waals surface area contributed by atoms with E-state index in [1.807, 2.05) is 0 Å². The molecule has 0 aromatic carbocycles. The number of halogens is 1. The van der Waals surface area contributed by atoms with Gasteiger partial charge in [0, 0.05) is 25.8 Å². The molecule has 3 rings (SSSR count). The minimum Gasteiger partial charge on any atom is -0.316 e. The van der Waals surface area contributed by atoms with Crippen LogP contribution in [0.5, 0.6) is 0 Å². The van der Waals surface area contributed by atoms with E-state index in [-0.39, 0.29) is 10.3 Å². The van der Waals surface area contributed by atoms with Crippen LogP contribution in [0, 0.1) is 11.2 Å². The normalized spacial score (nSPS) is 27.9. The Labute approximate surface area is 124 Å². The van der Waals surface area contributed by atoms with Crippen LogP contribution >= 0.6 is 0 Å². The van der Waals surface area contributed by atoms with Crippen molar-refractivity contribution in [3.8, 4) is 0 Å². The topological polar surface area (TPSA) is 62.3 Å². The van der Waals surface area contributed by atoms with Crippen LogP contribution in [0.1, 0.15) is 25.7 Å². The van der Waals surface area contributed by atoms with Gasteiger partial charge in [-0.25, -0.2) is 12.8 Å². The summed E-state index contributed by atoms with van der Waals surface area (Å²) in [6.07, 6.45) is 6.26. The van der Waals surface area contributed by atoms with Gasteiger partial charge in [-0.1, -0.05) is 0 Å². The zero-order valence-electron chi connectivity index (χ0n) is 11.9. The van der Waals surface area contributed by atoms with Crippen LogP contribution in [0.25, 0.3) is 0 Å². The highest BCUT2D eigenvalue weighted by atomic mass is 32.2. The summed E-state index contributed by atoms with van der Waals surface area (Å²) in [4.78, 5) is 3.60. The molecule has 2 saturated heterocycles. The number of rotatable bonds is 2. The number of sulfonamides is 1. The molecule has 0 amide bonds. The molecule has 7 heteroatoms. The fourth-order valence-electron chi connectivity index (χ4n) is 3.43. The summed E-state index contributed by atoms with van der Waals surface area (Å²) in [6, 6.07) is 1.04. The Morgan fingerprint density at radius 3 is 2.81 bits per heavy atom. The monoisotopic (exact) mass is 313 g/mol. The molecular weight excluding hydrogens is 293 g/mol. The van der Waals surface area contributed by atoms with E-state index in [1.54, 1.807) is 0 Å². The largest absolute Gasteiger partial charge is 0.316 e. The molecule has 2 fully saturated rings. The highest BCUT2D eigenvalue weighted by Gasteiger charge is 2.40. The van der Waals surface area contributed by atoms with Crippen LogP contribution in [-0.2, 0) is 10.0 Å². The Morgan fingerprint density at radius 1 is 1.29 bits per heavy atom. The quantitative estimate of drug-likeness (QED) is 0.896. The Balaban J connectivity index is 1.85. The van der Waals surface area contributed by atoms with Crippen molar-refractivity contribution in [3.63, 3.8) is 0 Å². The SMILES string of the molecule is O=S(=O)(c1cncc(F)c1)N1CCCC2(CCCNC2)C1. The smallest absolute Gasteiger partial charge is 0.244 e. The molecule has 1 N–H and O–H groups in total. The van der Waals surface area contributed by atoms with Crippen LogP contribution in [-0.4, -0.2) is 43.9 Å². The van der Waals surface area contributed by atoms with Gasteiger partial charge < -0.3 is 5.32 Å². The van der Waals surface area contributed by atoms with Crippen molar-refractivity contribution in [1.82, 2.24) is 14.6 Å². The van der Waals surface area contributed by atoms with Crippen LogP contribution in [0.15, 0.2) is 23.4 Å². The Hall–Kier alpha value is -1.05. The standard InChI is InChI=1S/C14H20FN3O2S/c15-12-7-13(9-17-8-12)21(19,20)18-6-2-4-14(11-18)3-1-5-16-10-14/h7-9,16H,1-6,10-11H2. The minimum atomic E-state index is -3.66. The average molecular weight is 313 g/mol. The number of nitrogens with zero attached hydrogens (tertiary/aromatic N) is 2. The van der Waals surface area contributed by atoms with Crippen LogP contribution in [0.2, 0.25) is 0 Å². The molecule has 0 bridgehead atoms. The van der Waals surface area contributed by atoms with Crippen LogP contribution < -0.4 is 5.32 Å². The third-order valence-electron chi connectivity index (χ3n) is 4.50. The summed E-state index contributed by atoms with van der Waals surface area (Å²) in [5.74, 6) is -0.623. The lowest BCUT2D eigenvalue weighted by atomic mass is 9.75. The van der Waals surface area contributed by atoms with Gasteiger partial charge in [-0.15, -0.1) is 0 Å². The highest BCUT2D eigenvalue weighted by molar-refractivity contribution is 7.89. The lowest BCUT2D eigenvalue weighted by Crippen LogP contribution is -2.52. The number of pyridine rings is 1. The molecular formula is C14H20FN3O2S. The lowest BCUT2D eigenvalue weighted by molar-refractivity contribution is 0.110. The Morgan fingerprint density at radius 2 is 2.10 bits per heavy atom.